The summed E-state index contributed by atoms with van der Waals surface area (Å²) >= 11 is 0. The molecule has 0 aromatic carbocycles. The normalized spacial score (nSPS) is 12.0. The molecule has 0 rings (SSSR count). The van der Waals surface area contributed by atoms with Crippen molar-refractivity contribution in [2.75, 3.05) is 13.1 Å². The molecular formula is C17H24N2O4. The highest BCUT2D eigenvalue weighted by Crippen LogP contribution is 2.10. The molecule has 3 N–H and O–H groups in total. The summed E-state index contributed by atoms with van der Waals surface area (Å²) in [5.41, 5.74) is 0. The summed E-state index contributed by atoms with van der Waals surface area (Å²) in [6.45, 7) is 0.773. The standard InChI is InChI=1S/C17H24N2O4/c1-2-3-4-5-6-7-10-16(21)19-12-8-9-15(17(22)23)11-13-18-14-20/h1,4-7,14-15H,3,8-13H2,(H,18,20)(H,19,21)(H,22,23)/b5-4-,7-6-. The lowest BCUT2D eigenvalue weighted by atomic mass is 9.99. The highest BCUT2D eigenvalue weighted by atomic mass is 16.4. The summed E-state index contributed by atoms with van der Waals surface area (Å²) in [4.78, 5) is 32.7. The first-order valence-electron chi connectivity index (χ1n) is 7.53. The van der Waals surface area contributed by atoms with Crippen LogP contribution >= 0.6 is 0 Å². The van der Waals surface area contributed by atoms with Gasteiger partial charge in [0.05, 0.1) is 5.92 Å². The third-order valence-electron chi connectivity index (χ3n) is 3.04. The van der Waals surface area contributed by atoms with Crippen molar-refractivity contribution in [1.29, 1.82) is 0 Å². The van der Waals surface area contributed by atoms with Crippen molar-refractivity contribution >= 4 is 18.3 Å². The SMILES string of the molecule is C#CC/C=C\C=C/CC(=O)NCCCC(CCNC=O)C(=O)O. The van der Waals surface area contributed by atoms with Gasteiger partial charge in [-0.25, -0.2) is 0 Å². The summed E-state index contributed by atoms with van der Waals surface area (Å²) < 4.78 is 0. The van der Waals surface area contributed by atoms with Gasteiger partial charge in [-0.1, -0.05) is 24.3 Å². The fourth-order valence-corrected chi connectivity index (χ4v) is 1.82. The minimum absolute atomic E-state index is 0.110. The number of carbonyl (C=O) groups excluding carboxylic acids is 2. The number of terminal acetylenes is 1. The molecule has 0 aliphatic heterocycles. The molecule has 0 aromatic heterocycles. The van der Waals surface area contributed by atoms with Crippen LogP contribution in [-0.4, -0.2) is 36.5 Å². The van der Waals surface area contributed by atoms with E-state index in [0.717, 1.165) is 0 Å². The van der Waals surface area contributed by atoms with Crippen molar-refractivity contribution in [3.8, 4) is 12.3 Å². The minimum atomic E-state index is -0.884. The van der Waals surface area contributed by atoms with E-state index in [2.05, 4.69) is 16.6 Å². The Labute approximate surface area is 137 Å². The quantitative estimate of drug-likeness (QED) is 0.206. The van der Waals surface area contributed by atoms with Gasteiger partial charge in [0.1, 0.15) is 0 Å². The molecule has 0 radical (unpaired) electrons. The van der Waals surface area contributed by atoms with Crippen LogP contribution in [0.4, 0.5) is 0 Å². The van der Waals surface area contributed by atoms with E-state index in [1.807, 2.05) is 6.08 Å². The van der Waals surface area contributed by atoms with E-state index in [1.54, 1.807) is 18.2 Å². The Morgan fingerprint density at radius 1 is 1.17 bits per heavy atom. The van der Waals surface area contributed by atoms with Crippen LogP contribution in [0.25, 0.3) is 0 Å². The average molecular weight is 320 g/mol. The maximum atomic E-state index is 11.5. The molecule has 0 heterocycles. The monoisotopic (exact) mass is 320 g/mol. The van der Waals surface area contributed by atoms with Gasteiger partial charge in [-0.05, 0) is 19.3 Å². The van der Waals surface area contributed by atoms with Gasteiger partial charge in [0.2, 0.25) is 12.3 Å². The van der Waals surface area contributed by atoms with Crippen LogP contribution < -0.4 is 10.6 Å². The van der Waals surface area contributed by atoms with E-state index in [-0.39, 0.29) is 12.3 Å². The zero-order valence-electron chi connectivity index (χ0n) is 13.2. The predicted molar refractivity (Wildman–Crippen MR) is 88.4 cm³/mol. The molecule has 0 bridgehead atoms. The van der Waals surface area contributed by atoms with Gasteiger partial charge in [0.25, 0.3) is 0 Å². The fourth-order valence-electron chi connectivity index (χ4n) is 1.82. The van der Waals surface area contributed by atoms with Crippen LogP contribution in [0.15, 0.2) is 24.3 Å². The predicted octanol–water partition coefficient (Wildman–Crippen LogP) is 1.25. The second kappa shape index (κ2) is 14.4. The minimum Gasteiger partial charge on any atom is -0.481 e. The van der Waals surface area contributed by atoms with E-state index in [4.69, 9.17) is 11.5 Å². The number of nitrogens with one attached hydrogen (secondary N) is 2. The first-order chi connectivity index (χ1) is 11.1. The van der Waals surface area contributed by atoms with E-state index in [9.17, 15) is 14.4 Å². The number of carbonyl (C=O) groups is 3. The Kier molecular flexibility index (Phi) is 12.8. The number of aliphatic carboxylic acids is 1. The van der Waals surface area contributed by atoms with E-state index < -0.39 is 11.9 Å². The number of allylic oxidation sites excluding steroid dienone is 3. The summed E-state index contributed by atoms with van der Waals surface area (Å²) in [6.07, 6.45) is 15.0. The Bertz CT molecular complexity index is 464. The van der Waals surface area contributed by atoms with E-state index >= 15 is 0 Å². The summed E-state index contributed by atoms with van der Waals surface area (Å²) in [5, 5.41) is 14.2. The highest BCUT2D eigenvalue weighted by Gasteiger charge is 2.16. The van der Waals surface area contributed by atoms with Crippen molar-refractivity contribution in [2.24, 2.45) is 5.92 Å². The van der Waals surface area contributed by atoms with Crippen LogP contribution in [0.5, 0.6) is 0 Å². The molecule has 6 heteroatoms. The van der Waals surface area contributed by atoms with Crippen LogP contribution in [0.3, 0.4) is 0 Å². The number of carboxylic acids is 1. The Morgan fingerprint density at radius 3 is 2.57 bits per heavy atom. The van der Waals surface area contributed by atoms with E-state index in [0.29, 0.717) is 45.2 Å². The summed E-state index contributed by atoms with van der Waals surface area (Å²) in [7, 11) is 0. The smallest absolute Gasteiger partial charge is 0.306 e. The van der Waals surface area contributed by atoms with Crippen LogP contribution in [0.2, 0.25) is 0 Å². The first kappa shape index (κ1) is 20.5. The molecule has 1 unspecified atom stereocenters. The molecule has 0 fully saturated rings. The maximum Gasteiger partial charge on any atom is 0.306 e. The molecule has 6 nitrogen and oxygen atoms in total. The molecule has 1 atom stereocenters. The lowest BCUT2D eigenvalue weighted by molar-refractivity contribution is -0.142. The van der Waals surface area contributed by atoms with Crippen LogP contribution in [0.1, 0.15) is 32.1 Å². The molecule has 0 saturated carbocycles. The largest absolute Gasteiger partial charge is 0.481 e. The Balaban J connectivity index is 3.82. The molecule has 2 amide bonds. The average Bonchev–Trinajstić information content (AvgIpc) is 2.52. The molecule has 126 valence electrons. The number of hydrogen-bond donors (Lipinski definition) is 3. The van der Waals surface area contributed by atoms with Crippen molar-refractivity contribution in [3.63, 3.8) is 0 Å². The van der Waals surface area contributed by atoms with Crippen molar-refractivity contribution < 1.29 is 19.5 Å². The number of carboxylic acid groups (broad SMARTS) is 1. The second-order valence-electron chi connectivity index (χ2n) is 4.86. The number of rotatable bonds is 13. The molecule has 0 saturated heterocycles. The summed E-state index contributed by atoms with van der Waals surface area (Å²) in [6, 6.07) is 0. The lowest BCUT2D eigenvalue weighted by Crippen LogP contribution is -2.26. The zero-order valence-corrected chi connectivity index (χ0v) is 13.2. The van der Waals surface area contributed by atoms with Gasteiger partial charge < -0.3 is 15.7 Å². The Hall–Kier alpha value is -2.55. The van der Waals surface area contributed by atoms with Crippen LogP contribution in [-0.2, 0) is 14.4 Å². The third kappa shape index (κ3) is 12.9. The van der Waals surface area contributed by atoms with Crippen molar-refractivity contribution in [2.45, 2.75) is 32.1 Å². The van der Waals surface area contributed by atoms with Gasteiger partial charge >= 0.3 is 5.97 Å². The zero-order chi connectivity index (χ0) is 17.3. The molecule has 0 aliphatic carbocycles. The number of amides is 2. The molecule has 23 heavy (non-hydrogen) atoms. The Morgan fingerprint density at radius 2 is 1.91 bits per heavy atom. The number of hydrogen-bond acceptors (Lipinski definition) is 3. The second-order valence-corrected chi connectivity index (χ2v) is 4.86. The molecule has 0 aliphatic rings. The fraction of sp³-hybridized carbons (Fsp3) is 0.471. The van der Waals surface area contributed by atoms with Gasteiger partial charge in [-0.2, -0.15) is 0 Å². The van der Waals surface area contributed by atoms with Gasteiger partial charge in [0, 0.05) is 25.9 Å². The summed E-state index contributed by atoms with van der Waals surface area (Å²) in [5.74, 6) is 0.965. The molecule has 0 spiro atoms. The third-order valence-corrected chi connectivity index (χ3v) is 3.04. The lowest BCUT2D eigenvalue weighted by Gasteiger charge is -2.11. The van der Waals surface area contributed by atoms with Crippen molar-refractivity contribution in [3.05, 3.63) is 24.3 Å². The highest BCUT2D eigenvalue weighted by molar-refractivity contribution is 5.77. The maximum absolute atomic E-state index is 11.5. The van der Waals surface area contributed by atoms with Crippen molar-refractivity contribution in [1.82, 2.24) is 10.6 Å². The van der Waals surface area contributed by atoms with E-state index in [1.165, 1.54) is 0 Å². The van der Waals surface area contributed by atoms with Crippen LogP contribution in [0, 0.1) is 18.3 Å². The van der Waals surface area contributed by atoms with Gasteiger partial charge in [-0.3, -0.25) is 14.4 Å². The van der Waals surface area contributed by atoms with Gasteiger partial charge in [0.15, 0.2) is 0 Å². The first-order valence-corrected chi connectivity index (χ1v) is 7.53. The van der Waals surface area contributed by atoms with Gasteiger partial charge in [-0.15, -0.1) is 12.3 Å². The molecule has 0 aromatic rings. The topological polar surface area (TPSA) is 95.5 Å². The molecular weight excluding hydrogens is 296 g/mol.